The van der Waals surface area contributed by atoms with E-state index in [0.717, 1.165) is 5.46 Å². The van der Waals surface area contributed by atoms with Crippen LogP contribution in [0, 0.1) is 0 Å². The maximum Gasteiger partial charge on any atom is 0.495 e. The summed E-state index contributed by atoms with van der Waals surface area (Å²) in [6, 6.07) is 50.8. The first-order valence-electron chi connectivity index (χ1n) is 16.5. The summed E-state index contributed by atoms with van der Waals surface area (Å²) in [5, 5.41) is 4.96. The smallest absolute Gasteiger partial charge is 0.399 e. The van der Waals surface area contributed by atoms with Crippen LogP contribution in [0.4, 0.5) is 0 Å². The first-order valence-corrected chi connectivity index (χ1v) is 16.5. The van der Waals surface area contributed by atoms with E-state index in [1.165, 1.54) is 77.2 Å². The van der Waals surface area contributed by atoms with E-state index < -0.39 is 18.3 Å². The maximum absolute atomic E-state index is 6.62. The van der Waals surface area contributed by atoms with E-state index >= 15 is 0 Å². The molecule has 0 amide bonds. The fraction of sp³-hybridized carbons (Fsp3) is 0.136. The third-order valence-electron chi connectivity index (χ3n) is 10.7. The van der Waals surface area contributed by atoms with Crippen molar-refractivity contribution in [1.29, 1.82) is 0 Å². The number of hydrogen-bond acceptors (Lipinski definition) is 2. The predicted octanol–water partition coefficient (Wildman–Crippen LogP) is 10.9. The Hall–Kier alpha value is -4.96. The van der Waals surface area contributed by atoms with Crippen molar-refractivity contribution in [2.45, 2.75) is 38.9 Å². The highest BCUT2D eigenvalue weighted by Gasteiger charge is 2.52. The molecular formula is C44H35BO2. The molecule has 226 valence electrons. The molecule has 1 saturated heterocycles. The molecule has 0 unspecified atom stereocenters. The normalized spacial score (nSPS) is 15.8. The lowest BCUT2D eigenvalue weighted by atomic mass is 9.75. The van der Waals surface area contributed by atoms with E-state index in [0.29, 0.717) is 0 Å². The highest BCUT2D eigenvalue weighted by molar-refractivity contribution is 6.65. The van der Waals surface area contributed by atoms with Gasteiger partial charge in [-0.2, -0.15) is 0 Å². The van der Waals surface area contributed by atoms with Crippen LogP contribution < -0.4 is 5.46 Å². The molecule has 0 aromatic heterocycles. The van der Waals surface area contributed by atoms with Crippen LogP contribution in [0.5, 0.6) is 0 Å². The summed E-state index contributed by atoms with van der Waals surface area (Å²) in [6.07, 6.45) is 0. The lowest BCUT2D eigenvalue weighted by Gasteiger charge is -2.32. The van der Waals surface area contributed by atoms with Crippen molar-refractivity contribution in [3.05, 3.63) is 140 Å². The zero-order chi connectivity index (χ0) is 31.9. The Morgan fingerprint density at radius 1 is 0.404 bits per heavy atom. The molecule has 3 heteroatoms. The summed E-state index contributed by atoms with van der Waals surface area (Å²) in [7, 11) is -0.442. The van der Waals surface area contributed by atoms with Gasteiger partial charge in [-0.1, -0.05) is 133 Å². The average molecular weight is 607 g/mol. The van der Waals surface area contributed by atoms with Crippen molar-refractivity contribution >= 4 is 34.1 Å². The molecule has 2 aliphatic rings. The van der Waals surface area contributed by atoms with Crippen molar-refractivity contribution in [1.82, 2.24) is 0 Å². The summed E-state index contributed by atoms with van der Waals surface area (Å²) >= 11 is 0. The van der Waals surface area contributed by atoms with Crippen LogP contribution in [0.25, 0.3) is 77.2 Å². The van der Waals surface area contributed by atoms with Gasteiger partial charge in [0.2, 0.25) is 0 Å². The largest absolute Gasteiger partial charge is 0.495 e. The number of fused-ring (bicyclic) bond motifs is 4. The predicted molar refractivity (Wildman–Crippen MR) is 198 cm³/mol. The summed E-state index contributed by atoms with van der Waals surface area (Å²) < 4.78 is 13.2. The van der Waals surface area contributed by atoms with Crippen LogP contribution in [0.15, 0.2) is 140 Å². The molecule has 1 fully saturated rings. The second-order valence-electron chi connectivity index (χ2n) is 13.9. The van der Waals surface area contributed by atoms with Gasteiger partial charge in [-0.05, 0) is 116 Å². The summed E-state index contributed by atoms with van der Waals surface area (Å²) in [5.41, 5.74) is 12.8. The zero-order valence-corrected chi connectivity index (χ0v) is 27.2. The van der Waals surface area contributed by atoms with Gasteiger partial charge in [-0.25, -0.2) is 0 Å². The molecule has 47 heavy (non-hydrogen) atoms. The Kier molecular flexibility index (Phi) is 6.18. The standard InChI is InChI=1S/C44H35BO2/c1-43(2)44(3,4)47-45(46-43)37-26-25-36-40-34(37)23-14-24-35(40)41-38(29-17-9-6-10-18-29)32-21-11-12-22-33(32)39(42(36)41)31-20-13-19-30(27-31)28-15-7-5-8-16-28/h5-27H,1-4H3. The Bertz CT molecular complexity index is 2340. The Balaban J connectivity index is 1.38. The molecular weight excluding hydrogens is 571 g/mol. The molecule has 0 N–H and O–H groups in total. The van der Waals surface area contributed by atoms with Crippen LogP contribution in [0.1, 0.15) is 27.7 Å². The van der Waals surface area contributed by atoms with E-state index in [-0.39, 0.29) is 0 Å². The summed E-state index contributed by atoms with van der Waals surface area (Å²) in [5.74, 6) is 0. The van der Waals surface area contributed by atoms with Gasteiger partial charge >= 0.3 is 7.12 Å². The molecule has 0 saturated carbocycles. The topological polar surface area (TPSA) is 18.5 Å². The van der Waals surface area contributed by atoms with Crippen LogP contribution in [0.2, 0.25) is 0 Å². The molecule has 1 heterocycles. The maximum atomic E-state index is 6.62. The fourth-order valence-corrected chi connectivity index (χ4v) is 7.69. The second-order valence-corrected chi connectivity index (χ2v) is 13.9. The average Bonchev–Trinajstić information content (AvgIpc) is 3.54. The molecule has 0 spiro atoms. The van der Waals surface area contributed by atoms with Gasteiger partial charge in [0.25, 0.3) is 0 Å². The zero-order valence-electron chi connectivity index (χ0n) is 27.2. The number of benzene rings is 7. The molecule has 9 rings (SSSR count). The van der Waals surface area contributed by atoms with Gasteiger partial charge in [-0.15, -0.1) is 0 Å². The summed E-state index contributed by atoms with van der Waals surface area (Å²) in [6.45, 7) is 8.49. The van der Waals surface area contributed by atoms with Crippen molar-refractivity contribution in [2.75, 3.05) is 0 Å². The van der Waals surface area contributed by atoms with Crippen molar-refractivity contribution < 1.29 is 9.31 Å². The molecule has 0 atom stereocenters. The van der Waals surface area contributed by atoms with E-state index in [1.54, 1.807) is 0 Å². The van der Waals surface area contributed by atoms with Gasteiger partial charge in [0.05, 0.1) is 11.2 Å². The number of rotatable bonds is 4. The fourth-order valence-electron chi connectivity index (χ4n) is 7.69. The van der Waals surface area contributed by atoms with Crippen LogP contribution in [-0.2, 0) is 9.31 Å². The first-order chi connectivity index (χ1) is 22.8. The quantitative estimate of drug-likeness (QED) is 0.186. The van der Waals surface area contributed by atoms with Gasteiger partial charge in [-0.3, -0.25) is 0 Å². The molecule has 7 aromatic carbocycles. The van der Waals surface area contributed by atoms with Crippen molar-refractivity contribution in [2.24, 2.45) is 0 Å². The monoisotopic (exact) mass is 606 g/mol. The van der Waals surface area contributed by atoms with E-state index in [4.69, 9.17) is 9.31 Å². The Morgan fingerprint density at radius 3 is 1.55 bits per heavy atom. The van der Waals surface area contributed by atoms with Gasteiger partial charge in [0, 0.05) is 0 Å². The number of hydrogen-bond donors (Lipinski definition) is 0. The van der Waals surface area contributed by atoms with Gasteiger partial charge in [0.1, 0.15) is 0 Å². The van der Waals surface area contributed by atoms with Crippen LogP contribution in [0.3, 0.4) is 0 Å². The molecule has 2 nitrogen and oxygen atoms in total. The van der Waals surface area contributed by atoms with Crippen LogP contribution in [-0.4, -0.2) is 18.3 Å². The third kappa shape index (κ3) is 4.20. The van der Waals surface area contributed by atoms with Crippen LogP contribution >= 0.6 is 0 Å². The lowest BCUT2D eigenvalue weighted by Crippen LogP contribution is -2.41. The molecule has 0 radical (unpaired) electrons. The lowest BCUT2D eigenvalue weighted by molar-refractivity contribution is 0.00578. The minimum absolute atomic E-state index is 0.418. The van der Waals surface area contributed by atoms with Crippen molar-refractivity contribution in [3.63, 3.8) is 0 Å². The van der Waals surface area contributed by atoms with E-state index in [9.17, 15) is 0 Å². The van der Waals surface area contributed by atoms with E-state index in [1.807, 2.05) is 0 Å². The van der Waals surface area contributed by atoms with Gasteiger partial charge in [0.15, 0.2) is 0 Å². The Morgan fingerprint density at radius 2 is 0.894 bits per heavy atom. The highest BCUT2D eigenvalue weighted by Crippen LogP contribution is 2.57. The minimum atomic E-state index is -0.442. The Labute approximate surface area is 276 Å². The molecule has 0 bridgehead atoms. The molecule has 1 aliphatic carbocycles. The van der Waals surface area contributed by atoms with E-state index in [2.05, 4.69) is 167 Å². The highest BCUT2D eigenvalue weighted by atomic mass is 16.7. The first kappa shape index (κ1) is 28.3. The minimum Gasteiger partial charge on any atom is -0.399 e. The van der Waals surface area contributed by atoms with Gasteiger partial charge < -0.3 is 9.31 Å². The third-order valence-corrected chi connectivity index (χ3v) is 10.7. The second kappa shape index (κ2) is 10.3. The molecule has 1 aliphatic heterocycles. The molecule has 7 aromatic rings. The van der Waals surface area contributed by atoms with Crippen molar-refractivity contribution in [3.8, 4) is 55.6 Å². The summed E-state index contributed by atoms with van der Waals surface area (Å²) in [4.78, 5) is 0. The SMILES string of the molecule is CC1(C)OB(c2ccc3c4c(cccc24)-c2c-3c(-c3cccc(-c4ccccc4)c3)c3ccccc3c2-c2ccccc2)OC1(C)C.